The number of nitrogens with one attached hydrogen (secondary N) is 3. The average Bonchev–Trinajstić information content (AvgIpc) is 2.94. The first-order chi connectivity index (χ1) is 19.9. The van der Waals surface area contributed by atoms with Crippen molar-refractivity contribution in [2.75, 3.05) is 19.6 Å². The van der Waals surface area contributed by atoms with Crippen LogP contribution in [0.4, 0.5) is 14.4 Å². The summed E-state index contributed by atoms with van der Waals surface area (Å²) in [6.07, 6.45) is 4.38. The van der Waals surface area contributed by atoms with Crippen LogP contribution in [-0.2, 0) is 0 Å². The zero-order valence-electron chi connectivity index (χ0n) is 23.7. The lowest BCUT2D eigenvalue weighted by Crippen LogP contribution is -2.28. The number of unbranched alkanes of at least 4 members (excludes halogenated alkanes) is 3. The van der Waals surface area contributed by atoms with Gasteiger partial charge >= 0.3 is 18.3 Å². The van der Waals surface area contributed by atoms with E-state index in [4.69, 9.17) is 18.6 Å². The van der Waals surface area contributed by atoms with Gasteiger partial charge in [-0.05, 0) is 37.0 Å². The number of amides is 3. The van der Waals surface area contributed by atoms with Crippen molar-refractivity contribution in [1.82, 2.24) is 16.0 Å². The van der Waals surface area contributed by atoms with Crippen molar-refractivity contribution in [3.8, 4) is 28.4 Å². The van der Waals surface area contributed by atoms with E-state index in [9.17, 15) is 19.2 Å². The third-order valence-electron chi connectivity index (χ3n) is 6.00. The number of fused-ring (bicyclic) bond motifs is 1. The van der Waals surface area contributed by atoms with E-state index in [1.165, 1.54) is 18.4 Å². The lowest BCUT2D eigenvalue weighted by Gasteiger charge is -2.12. The maximum atomic E-state index is 13.6. The smallest absolute Gasteiger partial charge is 0.412 e. The monoisotopic (exact) mass is 567 g/mol. The fraction of sp³-hybridized carbons (Fsp3) is 0.400. The summed E-state index contributed by atoms with van der Waals surface area (Å²) in [5.41, 5.74) is 0.289. The number of rotatable bonds is 13. The molecule has 11 heteroatoms. The molecule has 0 radical (unpaired) electrons. The highest BCUT2D eigenvalue weighted by Gasteiger charge is 2.19. The van der Waals surface area contributed by atoms with Gasteiger partial charge in [-0.25, -0.2) is 14.4 Å². The van der Waals surface area contributed by atoms with Crippen LogP contribution in [0.3, 0.4) is 0 Å². The van der Waals surface area contributed by atoms with Crippen LogP contribution in [-0.4, -0.2) is 37.9 Å². The van der Waals surface area contributed by atoms with Crippen molar-refractivity contribution >= 4 is 29.2 Å². The molecule has 0 spiro atoms. The van der Waals surface area contributed by atoms with E-state index >= 15 is 0 Å². The normalized spacial score (nSPS) is 10.6. The molecule has 0 atom stereocenters. The van der Waals surface area contributed by atoms with Gasteiger partial charge in [-0.1, -0.05) is 52.2 Å². The van der Waals surface area contributed by atoms with Gasteiger partial charge in [0.25, 0.3) is 0 Å². The van der Waals surface area contributed by atoms with Crippen molar-refractivity contribution in [3.63, 3.8) is 0 Å². The largest absolute Gasteiger partial charge is 0.463 e. The molecule has 0 unspecified atom stereocenters. The van der Waals surface area contributed by atoms with Gasteiger partial charge in [0, 0.05) is 31.8 Å². The van der Waals surface area contributed by atoms with Crippen molar-refractivity contribution in [2.45, 2.75) is 59.3 Å². The lowest BCUT2D eigenvalue weighted by molar-refractivity contribution is 0.198. The minimum atomic E-state index is -0.757. The molecule has 41 heavy (non-hydrogen) atoms. The molecule has 0 aliphatic heterocycles. The quantitative estimate of drug-likeness (QED) is 0.209. The number of carbonyl (C=O) groups is 3. The van der Waals surface area contributed by atoms with Crippen LogP contribution < -0.4 is 35.6 Å². The number of carbonyl (C=O) groups excluding carboxylic acids is 3. The highest BCUT2D eigenvalue weighted by atomic mass is 16.6. The second-order valence-electron chi connectivity index (χ2n) is 9.31. The Morgan fingerprint density at radius 3 is 1.76 bits per heavy atom. The van der Waals surface area contributed by atoms with E-state index in [1.54, 1.807) is 24.3 Å². The topological polar surface area (TPSA) is 145 Å². The Bertz CT molecular complexity index is 1380. The van der Waals surface area contributed by atoms with Crippen LogP contribution in [0.25, 0.3) is 22.1 Å². The molecule has 3 rings (SSSR count). The SMILES string of the molecule is CCCCNC(=O)Oc1ccc(-c2coc3cc(OC(=O)NCCCC)cc(OC(=O)NCCCC)c3c2=O)cc1. The van der Waals surface area contributed by atoms with Gasteiger partial charge < -0.3 is 34.6 Å². The van der Waals surface area contributed by atoms with Crippen LogP contribution in [0.15, 0.2) is 51.9 Å². The fourth-order valence-electron chi connectivity index (χ4n) is 3.76. The highest BCUT2D eigenvalue weighted by Crippen LogP contribution is 2.32. The zero-order chi connectivity index (χ0) is 29.6. The predicted octanol–water partition coefficient (Wildman–Crippen LogP) is 6.13. The first-order valence-corrected chi connectivity index (χ1v) is 13.9. The number of hydrogen-bond acceptors (Lipinski definition) is 8. The number of benzene rings is 2. The predicted molar refractivity (Wildman–Crippen MR) is 155 cm³/mol. The Morgan fingerprint density at radius 2 is 1.22 bits per heavy atom. The van der Waals surface area contributed by atoms with Crippen molar-refractivity contribution in [1.29, 1.82) is 0 Å². The van der Waals surface area contributed by atoms with Gasteiger partial charge in [-0.15, -0.1) is 0 Å². The summed E-state index contributed by atoms with van der Waals surface area (Å²) in [5, 5.41) is 7.94. The average molecular weight is 568 g/mol. The van der Waals surface area contributed by atoms with Gasteiger partial charge in [0.05, 0.1) is 5.56 Å². The molecule has 1 heterocycles. The Hall–Kier alpha value is -4.54. The minimum Gasteiger partial charge on any atom is -0.463 e. The molecule has 2 aromatic carbocycles. The third kappa shape index (κ3) is 9.26. The number of ether oxygens (including phenoxy) is 3. The molecule has 1 aromatic heterocycles. The van der Waals surface area contributed by atoms with E-state index in [1.807, 2.05) is 20.8 Å². The van der Waals surface area contributed by atoms with Crippen LogP contribution in [0.1, 0.15) is 59.3 Å². The van der Waals surface area contributed by atoms with E-state index in [-0.39, 0.29) is 28.0 Å². The van der Waals surface area contributed by atoms with Crippen molar-refractivity contribution < 1.29 is 33.0 Å². The fourth-order valence-corrected chi connectivity index (χ4v) is 3.76. The summed E-state index contributed by atoms with van der Waals surface area (Å²) in [6, 6.07) is 9.04. The first-order valence-electron chi connectivity index (χ1n) is 13.9. The molecular weight excluding hydrogens is 530 g/mol. The summed E-state index contributed by atoms with van der Waals surface area (Å²) in [4.78, 5) is 50.3. The van der Waals surface area contributed by atoms with Crippen molar-refractivity contribution in [3.05, 3.63) is 52.9 Å². The summed E-state index contributed by atoms with van der Waals surface area (Å²) in [7, 11) is 0. The second-order valence-corrected chi connectivity index (χ2v) is 9.31. The molecule has 0 fully saturated rings. The lowest BCUT2D eigenvalue weighted by atomic mass is 10.0. The van der Waals surface area contributed by atoms with Gasteiger partial charge in [0.1, 0.15) is 28.7 Å². The molecule has 3 N–H and O–H groups in total. The zero-order valence-corrected chi connectivity index (χ0v) is 23.7. The molecule has 0 aliphatic carbocycles. The highest BCUT2D eigenvalue weighted by molar-refractivity contribution is 5.91. The molecule has 3 amide bonds. The van der Waals surface area contributed by atoms with Crippen LogP contribution in [0, 0.1) is 0 Å². The maximum absolute atomic E-state index is 13.6. The third-order valence-corrected chi connectivity index (χ3v) is 6.00. The van der Waals surface area contributed by atoms with Gasteiger partial charge in [-0.2, -0.15) is 0 Å². The van der Waals surface area contributed by atoms with Crippen LogP contribution in [0.2, 0.25) is 0 Å². The summed E-state index contributed by atoms with van der Waals surface area (Å²) < 4.78 is 21.9. The van der Waals surface area contributed by atoms with Crippen LogP contribution >= 0.6 is 0 Å². The standard InChI is InChI=1S/C30H37N3O8/c1-4-7-14-31-28(35)39-21-12-10-20(11-13-21)23-19-38-24-17-22(40-29(36)32-15-8-5-2)18-25(26(24)27(23)34)41-30(37)33-16-9-6-3/h10-13,17-19H,4-9,14-16H2,1-3H3,(H,31,35)(H,32,36)(H,33,37). The molecular formula is C30H37N3O8. The van der Waals surface area contributed by atoms with E-state index < -0.39 is 23.7 Å². The van der Waals surface area contributed by atoms with E-state index in [2.05, 4.69) is 16.0 Å². The molecule has 0 saturated carbocycles. The Labute approximate surface area is 238 Å². The first kappa shape index (κ1) is 31.0. The summed E-state index contributed by atoms with van der Waals surface area (Å²) in [6.45, 7) is 7.36. The molecule has 11 nitrogen and oxygen atoms in total. The summed E-state index contributed by atoms with van der Waals surface area (Å²) in [5.74, 6) is 0.226. The Morgan fingerprint density at radius 1 is 0.707 bits per heavy atom. The van der Waals surface area contributed by atoms with Crippen LogP contribution in [0.5, 0.6) is 17.2 Å². The van der Waals surface area contributed by atoms with Gasteiger partial charge in [0.15, 0.2) is 5.75 Å². The Balaban J connectivity index is 1.91. The molecule has 220 valence electrons. The minimum absolute atomic E-state index is 0.00233. The molecule has 0 aliphatic rings. The molecule has 3 aromatic rings. The van der Waals surface area contributed by atoms with Crippen molar-refractivity contribution in [2.24, 2.45) is 0 Å². The second kappa shape index (κ2) is 15.9. The Kier molecular flexibility index (Phi) is 12.0. The number of hydrogen-bond donors (Lipinski definition) is 3. The summed E-state index contributed by atoms with van der Waals surface area (Å²) >= 11 is 0. The molecule has 0 bridgehead atoms. The van der Waals surface area contributed by atoms with E-state index in [0.29, 0.717) is 30.9 Å². The van der Waals surface area contributed by atoms with E-state index in [0.717, 1.165) is 38.5 Å². The van der Waals surface area contributed by atoms with Gasteiger partial charge in [-0.3, -0.25) is 4.79 Å². The maximum Gasteiger partial charge on any atom is 0.412 e. The van der Waals surface area contributed by atoms with Gasteiger partial charge in [0.2, 0.25) is 5.43 Å². The molecule has 0 saturated heterocycles.